The zero-order valence-electron chi connectivity index (χ0n) is 11.0. The molecular formula is C14H20O4. The maximum Gasteiger partial charge on any atom is 0.340 e. The van der Waals surface area contributed by atoms with Gasteiger partial charge in [-0.1, -0.05) is 30.3 Å². The molecule has 0 spiro atoms. The van der Waals surface area contributed by atoms with Gasteiger partial charge in [-0.2, -0.15) is 0 Å². The number of benzene rings is 1. The lowest BCUT2D eigenvalue weighted by molar-refractivity contribution is -0.161. The molecule has 1 N–H and O–H groups in total. The number of hydrogen-bond donors (Lipinski definition) is 1. The first-order chi connectivity index (χ1) is 8.54. The van der Waals surface area contributed by atoms with Gasteiger partial charge in [0.2, 0.25) is 0 Å². The molecule has 100 valence electrons. The van der Waals surface area contributed by atoms with Crippen molar-refractivity contribution in [1.29, 1.82) is 0 Å². The fourth-order valence-electron chi connectivity index (χ4n) is 1.78. The summed E-state index contributed by atoms with van der Waals surface area (Å²) < 4.78 is 10.4. The van der Waals surface area contributed by atoms with Crippen molar-refractivity contribution < 1.29 is 19.4 Å². The first kappa shape index (κ1) is 14.7. The smallest absolute Gasteiger partial charge is 0.340 e. The van der Waals surface area contributed by atoms with Crippen LogP contribution in [-0.4, -0.2) is 30.4 Å². The highest BCUT2D eigenvalue weighted by molar-refractivity contribution is 5.76. The van der Waals surface area contributed by atoms with Crippen molar-refractivity contribution in [2.45, 2.75) is 38.6 Å². The minimum absolute atomic E-state index is 0.334. The molecule has 0 heterocycles. The lowest BCUT2D eigenvalue weighted by Crippen LogP contribution is -2.24. The normalized spacial score (nSPS) is 15.8. The van der Waals surface area contributed by atoms with Crippen LogP contribution in [-0.2, 0) is 14.3 Å². The Balaban J connectivity index is 2.63. The molecule has 3 atom stereocenters. The monoisotopic (exact) mass is 252 g/mol. The van der Waals surface area contributed by atoms with E-state index >= 15 is 0 Å². The summed E-state index contributed by atoms with van der Waals surface area (Å²) in [5, 5.41) is 9.23. The van der Waals surface area contributed by atoms with Gasteiger partial charge in [-0.25, -0.2) is 4.79 Å². The number of ether oxygens (including phenoxy) is 2. The number of carbonyl (C=O) groups is 1. The fourth-order valence-corrected chi connectivity index (χ4v) is 1.78. The van der Waals surface area contributed by atoms with Crippen LogP contribution >= 0.6 is 0 Å². The van der Waals surface area contributed by atoms with Gasteiger partial charge >= 0.3 is 5.97 Å². The highest BCUT2D eigenvalue weighted by Gasteiger charge is 2.23. The van der Waals surface area contributed by atoms with Gasteiger partial charge in [0.05, 0.1) is 6.10 Å². The number of carbonyl (C=O) groups excluding carboxylic acids is 1. The second-order valence-electron chi connectivity index (χ2n) is 4.36. The number of hydrogen-bond acceptors (Lipinski definition) is 4. The number of rotatable bonds is 6. The van der Waals surface area contributed by atoms with E-state index in [-0.39, 0.29) is 6.10 Å². The molecule has 0 aliphatic rings. The molecule has 1 unspecified atom stereocenters. The molecule has 0 radical (unpaired) electrons. The number of methoxy groups -OCH3 is 1. The third-order valence-electron chi connectivity index (χ3n) is 2.54. The minimum atomic E-state index is -0.720. The maximum atomic E-state index is 11.9. The van der Waals surface area contributed by atoms with Gasteiger partial charge < -0.3 is 14.6 Å². The van der Waals surface area contributed by atoms with E-state index in [2.05, 4.69) is 0 Å². The van der Waals surface area contributed by atoms with E-state index in [1.807, 2.05) is 30.3 Å². The second-order valence-corrected chi connectivity index (χ2v) is 4.36. The molecule has 0 aliphatic carbocycles. The Kier molecular flexibility index (Phi) is 5.82. The molecule has 1 aromatic carbocycles. The van der Waals surface area contributed by atoms with Crippen LogP contribution in [0.1, 0.15) is 31.9 Å². The summed E-state index contributed by atoms with van der Waals surface area (Å²) in [6, 6.07) is 9.18. The zero-order chi connectivity index (χ0) is 13.5. The quantitative estimate of drug-likeness (QED) is 0.787. The van der Waals surface area contributed by atoms with E-state index in [0.717, 1.165) is 5.56 Å². The molecule has 0 amide bonds. The van der Waals surface area contributed by atoms with Gasteiger partial charge in [-0.05, 0) is 19.4 Å². The van der Waals surface area contributed by atoms with Crippen LogP contribution in [0.25, 0.3) is 0 Å². The maximum absolute atomic E-state index is 11.9. The van der Waals surface area contributed by atoms with Crippen LogP contribution < -0.4 is 0 Å². The summed E-state index contributed by atoms with van der Waals surface area (Å²) in [7, 11) is 1.47. The molecule has 0 bridgehead atoms. The Labute approximate surface area is 108 Å². The van der Waals surface area contributed by atoms with Crippen LogP contribution in [0, 0.1) is 0 Å². The van der Waals surface area contributed by atoms with Crippen molar-refractivity contribution in [3.8, 4) is 0 Å². The Morgan fingerprint density at radius 3 is 2.39 bits per heavy atom. The van der Waals surface area contributed by atoms with E-state index in [4.69, 9.17) is 9.47 Å². The number of esters is 1. The predicted molar refractivity (Wildman–Crippen MR) is 68.0 cm³/mol. The van der Waals surface area contributed by atoms with E-state index < -0.39 is 18.2 Å². The van der Waals surface area contributed by atoms with Crippen molar-refractivity contribution >= 4 is 5.97 Å². The van der Waals surface area contributed by atoms with Gasteiger partial charge in [-0.15, -0.1) is 0 Å². The van der Waals surface area contributed by atoms with Gasteiger partial charge in [0.15, 0.2) is 6.10 Å². The summed E-state index contributed by atoms with van der Waals surface area (Å²) >= 11 is 0. The SMILES string of the molecule is COC(C(=O)O[C@H](C)C[C@@H](C)O)c1ccccc1. The number of aliphatic hydroxyl groups excluding tert-OH is 1. The van der Waals surface area contributed by atoms with Crippen LogP contribution in [0.2, 0.25) is 0 Å². The molecule has 4 heteroatoms. The van der Waals surface area contributed by atoms with Gasteiger partial charge in [-0.3, -0.25) is 0 Å². The lowest BCUT2D eigenvalue weighted by atomic mass is 10.1. The Morgan fingerprint density at radius 2 is 1.89 bits per heavy atom. The minimum Gasteiger partial charge on any atom is -0.460 e. The molecule has 0 aromatic heterocycles. The van der Waals surface area contributed by atoms with Gasteiger partial charge in [0.25, 0.3) is 0 Å². The molecular weight excluding hydrogens is 232 g/mol. The van der Waals surface area contributed by atoms with Crippen LogP contribution in [0.4, 0.5) is 0 Å². The van der Waals surface area contributed by atoms with Crippen LogP contribution in [0.15, 0.2) is 30.3 Å². The second kappa shape index (κ2) is 7.13. The Hall–Kier alpha value is -1.39. The summed E-state index contributed by atoms with van der Waals surface area (Å²) in [5.41, 5.74) is 0.759. The van der Waals surface area contributed by atoms with E-state index in [1.165, 1.54) is 7.11 Å². The molecule has 0 aliphatic heterocycles. The van der Waals surface area contributed by atoms with Gasteiger partial charge in [0.1, 0.15) is 6.10 Å². The molecule has 18 heavy (non-hydrogen) atoms. The van der Waals surface area contributed by atoms with E-state index in [9.17, 15) is 9.90 Å². The summed E-state index contributed by atoms with van der Waals surface area (Å²) in [6.07, 6.45) is -1.14. The Bertz CT molecular complexity index is 361. The third kappa shape index (κ3) is 4.47. The van der Waals surface area contributed by atoms with Gasteiger partial charge in [0, 0.05) is 13.5 Å². The molecule has 0 saturated heterocycles. The largest absolute Gasteiger partial charge is 0.460 e. The predicted octanol–water partition coefficient (Wildman–Crippen LogP) is 2.08. The van der Waals surface area contributed by atoms with Crippen molar-refractivity contribution in [2.75, 3.05) is 7.11 Å². The zero-order valence-corrected chi connectivity index (χ0v) is 11.0. The highest BCUT2D eigenvalue weighted by atomic mass is 16.6. The highest BCUT2D eigenvalue weighted by Crippen LogP contribution is 2.19. The van der Waals surface area contributed by atoms with Crippen LogP contribution in [0.3, 0.4) is 0 Å². The topological polar surface area (TPSA) is 55.8 Å². The first-order valence-electron chi connectivity index (χ1n) is 6.01. The molecule has 1 aromatic rings. The van der Waals surface area contributed by atoms with Crippen molar-refractivity contribution in [1.82, 2.24) is 0 Å². The molecule has 0 fully saturated rings. The Morgan fingerprint density at radius 1 is 1.28 bits per heavy atom. The fraction of sp³-hybridized carbons (Fsp3) is 0.500. The average molecular weight is 252 g/mol. The third-order valence-corrected chi connectivity index (χ3v) is 2.54. The first-order valence-corrected chi connectivity index (χ1v) is 6.01. The number of aliphatic hydroxyl groups is 1. The summed E-state index contributed by atoms with van der Waals surface area (Å²) in [6.45, 7) is 3.41. The molecule has 0 saturated carbocycles. The van der Waals surface area contributed by atoms with Crippen LogP contribution in [0.5, 0.6) is 0 Å². The van der Waals surface area contributed by atoms with E-state index in [1.54, 1.807) is 13.8 Å². The summed E-state index contributed by atoms with van der Waals surface area (Å²) in [4.78, 5) is 11.9. The van der Waals surface area contributed by atoms with Crippen molar-refractivity contribution in [3.05, 3.63) is 35.9 Å². The van der Waals surface area contributed by atoms with Crippen molar-refractivity contribution in [3.63, 3.8) is 0 Å². The van der Waals surface area contributed by atoms with Crippen molar-refractivity contribution in [2.24, 2.45) is 0 Å². The summed E-state index contributed by atoms with van der Waals surface area (Å²) in [5.74, 6) is -0.433. The lowest BCUT2D eigenvalue weighted by Gasteiger charge is -2.19. The average Bonchev–Trinajstić information content (AvgIpc) is 2.29. The van der Waals surface area contributed by atoms with E-state index in [0.29, 0.717) is 6.42 Å². The standard InChI is InChI=1S/C14H20O4/c1-10(15)9-11(2)18-14(16)13(17-3)12-7-5-4-6-8-12/h4-8,10-11,13,15H,9H2,1-3H3/t10-,11-,13?/m1/s1. The molecule has 1 rings (SSSR count). The molecule has 4 nitrogen and oxygen atoms in total.